The summed E-state index contributed by atoms with van der Waals surface area (Å²) in [5.74, 6) is -0.662. The van der Waals surface area contributed by atoms with Gasteiger partial charge in [0.2, 0.25) is 5.91 Å². The molecule has 35 heavy (non-hydrogen) atoms. The number of hydrogen-bond donors (Lipinski definition) is 4. The lowest BCUT2D eigenvalue weighted by atomic mass is 9.98. The van der Waals surface area contributed by atoms with Crippen LogP contribution in [0.1, 0.15) is 42.1 Å². The normalized spacial score (nSPS) is 19.1. The summed E-state index contributed by atoms with van der Waals surface area (Å²) in [4.78, 5) is 32.6. The van der Waals surface area contributed by atoms with Crippen molar-refractivity contribution < 1.29 is 14.7 Å². The van der Waals surface area contributed by atoms with Crippen LogP contribution in [0.15, 0.2) is 65.5 Å². The molecule has 1 saturated heterocycles. The number of allylic oxidation sites excluding steroid dienone is 1. The molecule has 5 N–H and O–H groups in total. The third-order valence-corrected chi connectivity index (χ3v) is 6.15. The van der Waals surface area contributed by atoms with Crippen molar-refractivity contribution in [2.75, 3.05) is 26.7 Å². The fraction of sp³-hybridized carbons (Fsp3) is 0.385. The average Bonchev–Trinajstić information content (AvgIpc) is 3.57. The van der Waals surface area contributed by atoms with Gasteiger partial charge in [-0.15, -0.1) is 0 Å². The first-order valence-electron chi connectivity index (χ1n) is 11.7. The van der Waals surface area contributed by atoms with E-state index < -0.39 is 5.97 Å². The van der Waals surface area contributed by atoms with E-state index in [4.69, 9.17) is 21.2 Å². The van der Waals surface area contributed by atoms with E-state index in [0.29, 0.717) is 48.2 Å². The van der Waals surface area contributed by atoms with Crippen molar-refractivity contribution in [3.8, 4) is 0 Å². The number of amidine groups is 1. The van der Waals surface area contributed by atoms with Gasteiger partial charge in [0.1, 0.15) is 5.84 Å². The van der Waals surface area contributed by atoms with E-state index in [1.807, 2.05) is 6.08 Å². The predicted octanol–water partition coefficient (Wildman–Crippen LogP) is 2.37. The quantitative estimate of drug-likeness (QED) is 0.232. The zero-order chi connectivity index (χ0) is 25.5. The van der Waals surface area contributed by atoms with Crippen LogP contribution in [0.3, 0.4) is 0 Å². The maximum Gasteiger partial charge on any atom is 0.335 e. The van der Waals surface area contributed by atoms with Gasteiger partial charge in [-0.05, 0) is 51.6 Å². The number of carboxylic acid groups (broad SMARTS) is 1. The van der Waals surface area contributed by atoms with E-state index in [9.17, 15) is 9.59 Å². The molecule has 3 rings (SSSR count). The molecule has 9 heteroatoms. The Morgan fingerprint density at radius 1 is 1.29 bits per heavy atom. The standard InChI is InChI=1S/C26H34N6O3/c1-4-29-25(23(17(2)27)24(28)18-7-9-19(10-8-18)26(34)35)30-20-13-15-32(16-20)22(33)6-5-14-31(3)21-11-12-21/h4-10,20-21,28H,1,11-16,27H2,2-3H3,(H,29,30)(H,34,35)/b6-5+,23-17+,28-24?. The second-order valence-corrected chi connectivity index (χ2v) is 8.94. The van der Waals surface area contributed by atoms with Gasteiger partial charge < -0.3 is 21.1 Å². The van der Waals surface area contributed by atoms with Crippen molar-refractivity contribution in [1.29, 1.82) is 5.41 Å². The lowest BCUT2D eigenvalue weighted by Gasteiger charge is -2.17. The van der Waals surface area contributed by atoms with E-state index in [1.54, 1.807) is 30.0 Å². The smallest absolute Gasteiger partial charge is 0.335 e. The minimum Gasteiger partial charge on any atom is -0.478 e. The molecule has 1 aromatic rings. The molecule has 1 aliphatic heterocycles. The number of amides is 1. The molecule has 0 bridgehead atoms. The zero-order valence-electron chi connectivity index (χ0n) is 20.3. The molecule has 186 valence electrons. The Bertz CT molecular complexity index is 1070. The number of carboxylic acids is 1. The summed E-state index contributed by atoms with van der Waals surface area (Å²) in [6.07, 6.45) is 8.18. The molecule has 1 aromatic carbocycles. The molecular formula is C26H34N6O3. The van der Waals surface area contributed by atoms with Crippen LogP contribution in [-0.2, 0) is 4.79 Å². The van der Waals surface area contributed by atoms with Crippen molar-refractivity contribution in [1.82, 2.24) is 15.1 Å². The van der Waals surface area contributed by atoms with Gasteiger partial charge in [0, 0.05) is 43.0 Å². The van der Waals surface area contributed by atoms with Crippen LogP contribution < -0.4 is 11.1 Å². The van der Waals surface area contributed by atoms with Gasteiger partial charge in [0.15, 0.2) is 0 Å². The summed E-state index contributed by atoms with van der Waals surface area (Å²) in [6.45, 7) is 7.24. The monoisotopic (exact) mass is 478 g/mol. The van der Waals surface area contributed by atoms with Gasteiger partial charge in [0.05, 0.1) is 22.9 Å². The van der Waals surface area contributed by atoms with E-state index in [2.05, 4.69) is 23.8 Å². The summed E-state index contributed by atoms with van der Waals surface area (Å²) in [5.41, 5.74) is 7.71. The van der Waals surface area contributed by atoms with Crippen LogP contribution in [0.2, 0.25) is 0 Å². The van der Waals surface area contributed by atoms with Gasteiger partial charge >= 0.3 is 5.97 Å². The van der Waals surface area contributed by atoms with Crippen LogP contribution in [0.25, 0.3) is 0 Å². The SMILES string of the molecule is C=CNC(=NC1CCN(C(=O)/C=C/CN(C)C2CC2)C1)/C(C(=N)c1ccc(C(=O)O)cc1)=C(\C)N. The second kappa shape index (κ2) is 11.6. The Morgan fingerprint density at radius 3 is 2.51 bits per heavy atom. The highest BCUT2D eigenvalue weighted by Crippen LogP contribution is 2.25. The van der Waals surface area contributed by atoms with E-state index >= 15 is 0 Å². The molecule has 2 aliphatic rings. The number of hydrogen-bond acceptors (Lipinski definition) is 6. The first-order valence-corrected chi connectivity index (χ1v) is 11.7. The van der Waals surface area contributed by atoms with Crippen LogP contribution >= 0.6 is 0 Å². The van der Waals surface area contributed by atoms with Crippen LogP contribution in [0, 0.1) is 5.41 Å². The van der Waals surface area contributed by atoms with Crippen molar-refractivity contribution in [2.24, 2.45) is 10.7 Å². The topological polar surface area (TPSA) is 135 Å². The Labute approximate surface area is 206 Å². The number of likely N-dealkylation sites (tertiary alicyclic amines) is 1. The minimum absolute atomic E-state index is 0.0258. The largest absolute Gasteiger partial charge is 0.478 e. The lowest BCUT2D eigenvalue weighted by Crippen LogP contribution is -2.31. The lowest BCUT2D eigenvalue weighted by molar-refractivity contribution is -0.125. The van der Waals surface area contributed by atoms with Crippen LogP contribution in [-0.4, -0.2) is 77.1 Å². The molecule has 1 unspecified atom stereocenters. The average molecular weight is 479 g/mol. The Kier molecular flexibility index (Phi) is 8.59. The number of likely N-dealkylation sites (N-methyl/N-ethyl adjacent to an activating group) is 1. The molecule has 1 atom stereocenters. The molecule has 1 saturated carbocycles. The van der Waals surface area contributed by atoms with E-state index in [1.165, 1.54) is 31.2 Å². The fourth-order valence-corrected chi connectivity index (χ4v) is 4.02. The maximum atomic E-state index is 12.6. The number of nitrogens with one attached hydrogen (secondary N) is 2. The second-order valence-electron chi connectivity index (χ2n) is 8.94. The molecule has 0 spiro atoms. The molecule has 1 heterocycles. The van der Waals surface area contributed by atoms with Crippen molar-refractivity contribution >= 4 is 23.4 Å². The Balaban J connectivity index is 1.71. The van der Waals surface area contributed by atoms with E-state index in [-0.39, 0.29) is 23.2 Å². The van der Waals surface area contributed by atoms with Crippen molar-refractivity contribution in [2.45, 2.75) is 38.3 Å². The number of nitrogens with zero attached hydrogens (tertiary/aromatic N) is 3. The van der Waals surface area contributed by atoms with Gasteiger partial charge in [-0.2, -0.15) is 0 Å². The van der Waals surface area contributed by atoms with Gasteiger partial charge in [-0.3, -0.25) is 20.1 Å². The number of nitrogens with two attached hydrogens (primary N) is 1. The summed E-state index contributed by atoms with van der Waals surface area (Å²) < 4.78 is 0. The molecule has 1 aliphatic carbocycles. The van der Waals surface area contributed by atoms with Crippen LogP contribution in [0.5, 0.6) is 0 Å². The summed E-state index contributed by atoms with van der Waals surface area (Å²) in [7, 11) is 2.07. The summed E-state index contributed by atoms with van der Waals surface area (Å²) in [6, 6.07) is 6.54. The van der Waals surface area contributed by atoms with Gasteiger partial charge in [-0.25, -0.2) is 4.79 Å². The highest BCUT2D eigenvalue weighted by molar-refractivity contribution is 6.29. The first-order chi connectivity index (χ1) is 16.7. The fourth-order valence-electron chi connectivity index (χ4n) is 4.02. The maximum absolute atomic E-state index is 12.6. The zero-order valence-corrected chi connectivity index (χ0v) is 20.3. The predicted molar refractivity (Wildman–Crippen MR) is 138 cm³/mol. The van der Waals surface area contributed by atoms with Crippen LogP contribution in [0.4, 0.5) is 0 Å². The number of carbonyl (C=O) groups excluding carboxylic acids is 1. The van der Waals surface area contributed by atoms with Gasteiger partial charge in [0.25, 0.3) is 0 Å². The third kappa shape index (κ3) is 6.89. The number of aromatic carboxylic acids is 1. The highest BCUT2D eigenvalue weighted by Gasteiger charge is 2.27. The number of aliphatic imine (C=N–C) groups is 1. The molecule has 0 radical (unpaired) electrons. The molecule has 9 nitrogen and oxygen atoms in total. The van der Waals surface area contributed by atoms with Crippen molar-refractivity contribution in [3.63, 3.8) is 0 Å². The van der Waals surface area contributed by atoms with E-state index in [0.717, 1.165) is 6.54 Å². The first kappa shape index (κ1) is 25.9. The summed E-state index contributed by atoms with van der Waals surface area (Å²) >= 11 is 0. The summed E-state index contributed by atoms with van der Waals surface area (Å²) in [5, 5.41) is 20.8. The third-order valence-electron chi connectivity index (χ3n) is 6.15. The highest BCUT2D eigenvalue weighted by atomic mass is 16.4. The molecule has 0 aromatic heterocycles. The minimum atomic E-state index is -1.03. The number of rotatable bonds is 10. The Hall–Kier alpha value is -3.72. The molecule has 2 fully saturated rings. The molecular weight excluding hydrogens is 444 g/mol. The van der Waals surface area contributed by atoms with Crippen molar-refractivity contribution in [3.05, 3.63) is 71.6 Å². The number of carbonyl (C=O) groups is 2. The molecule has 1 amide bonds. The van der Waals surface area contributed by atoms with Gasteiger partial charge in [-0.1, -0.05) is 24.8 Å². The Morgan fingerprint density at radius 2 is 1.94 bits per heavy atom. The number of benzene rings is 1.